The fourth-order valence-electron chi connectivity index (χ4n) is 1.79. The second-order valence-electron chi connectivity index (χ2n) is 4.51. The van der Waals surface area contributed by atoms with Crippen molar-refractivity contribution in [3.05, 3.63) is 64.2 Å². The number of nitro benzene ring substituents is 1. The van der Waals surface area contributed by atoms with Gasteiger partial charge in [-0.05, 0) is 18.1 Å². The smallest absolute Gasteiger partial charge is 0.273 e. The SMILES string of the molecule is CCCOc1ccc([N+](=O)[O-])cc1OCc1ccccc1. The number of hydrogen-bond donors (Lipinski definition) is 0. The molecule has 21 heavy (non-hydrogen) atoms. The van der Waals surface area contributed by atoms with Gasteiger partial charge in [-0.2, -0.15) is 0 Å². The van der Waals surface area contributed by atoms with E-state index in [1.807, 2.05) is 37.3 Å². The Kier molecular flexibility index (Phi) is 5.15. The number of hydrogen-bond acceptors (Lipinski definition) is 4. The molecule has 0 saturated heterocycles. The van der Waals surface area contributed by atoms with Crippen molar-refractivity contribution < 1.29 is 14.4 Å². The molecule has 0 aliphatic heterocycles. The van der Waals surface area contributed by atoms with Crippen molar-refractivity contribution in [3.63, 3.8) is 0 Å². The summed E-state index contributed by atoms with van der Waals surface area (Å²) in [6.07, 6.45) is 0.856. The van der Waals surface area contributed by atoms with Gasteiger partial charge in [0.25, 0.3) is 5.69 Å². The Labute approximate surface area is 123 Å². The predicted molar refractivity (Wildman–Crippen MR) is 79.7 cm³/mol. The van der Waals surface area contributed by atoms with Crippen molar-refractivity contribution in [2.75, 3.05) is 6.61 Å². The minimum atomic E-state index is -0.445. The second-order valence-corrected chi connectivity index (χ2v) is 4.51. The van der Waals surface area contributed by atoms with E-state index in [0.29, 0.717) is 24.7 Å². The van der Waals surface area contributed by atoms with Crippen molar-refractivity contribution in [1.82, 2.24) is 0 Å². The Morgan fingerprint density at radius 1 is 1.05 bits per heavy atom. The van der Waals surface area contributed by atoms with E-state index in [1.54, 1.807) is 6.07 Å². The molecule has 0 unspecified atom stereocenters. The van der Waals surface area contributed by atoms with Crippen LogP contribution >= 0.6 is 0 Å². The molecule has 5 nitrogen and oxygen atoms in total. The van der Waals surface area contributed by atoms with E-state index in [0.717, 1.165) is 12.0 Å². The van der Waals surface area contributed by atoms with Gasteiger partial charge in [-0.1, -0.05) is 37.3 Å². The normalized spacial score (nSPS) is 10.1. The van der Waals surface area contributed by atoms with Gasteiger partial charge in [-0.15, -0.1) is 0 Å². The summed E-state index contributed by atoms with van der Waals surface area (Å²) in [5, 5.41) is 10.9. The van der Waals surface area contributed by atoms with E-state index in [2.05, 4.69) is 0 Å². The molecule has 0 aliphatic rings. The molecule has 0 N–H and O–H groups in total. The average Bonchev–Trinajstić information content (AvgIpc) is 2.52. The van der Waals surface area contributed by atoms with Crippen molar-refractivity contribution >= 4 is 5.69 Å². The van der Waals surface area contributed by atoms with E-state index >= 15 is 0 Å². The molecule has 0 aromatic heterocycles. The zero-order valence-corrected chi connectivity index (χ0v) is 11.8. The Bertz CT molecular complexity index is 598. The van der Waals surface area contributed by atoms with E-state index in [-0.39, 0.29) is 5.69 Å². The second kappa shape index (κ2) is 7.28. The first kappa shape index (κ1) is 14.8. The molecule has 0 aliphatic carbocycles. The summed E-state index contributed by atoms with van der Waals surface area (Å²) in [6, 6.07) is 14.0. The molecule has 0 saturated carbocycles. The van der Waals surface area contributed by atoms with Crippen molar-refractivity contribution in [2.45, 2.75) is 20.0 Å². The Hall–Kier alpha value is -2.56. The molecule has 0 spiro atoms. The summed E-state index contributed by atoms with van der Waals surface area (Å²) in [5.41, 5.74) is 0.979. The van der Waals surface area contributed by atoms with Gasteiger partial charge in [0.2, 0.25) is 0 Å². The van der Waals surface area contributed by atoms with Crippen LogP contribution in [0.2, 0.25) is 0 Å². The molecule has 0 atom stereocenters. The van der Waals surface area contributed by atoms with Crippen LogP contribution in [-0.2, 0) is 6.61 Å². The molecule has 2 aromatic rings. The summed E-state index contributed by atoms with van der Waals surface area (Å²) in [4.78, 5) is 10.4. The number of nitrogens with zero attached hydrogens (tertiary/aromatic N) is 1. The minimum absolute atomic E-state index is 0.0121. The lowest BCUT2D eigenvalue weighted by Gasteiger charge is -2.12. The Morgan fingerprint density at radius 2 is 1.81 bits per heavy atom. The summed E-state index contributed by atoms with van der Waals surface area (Å²) in [7, 11) is 0. The van der Waals surface area contributed by atoms with Gasteiger partial charge in [-0.25, -0.2) is 0 Å². The van der Waals surface area contributed by atoms with E-state index in [4.69, 9.17) is 9.47 Å². The Morgan fingerprint density at radius 3 is 2.48 bits per heavy atom. The number of ether oxygens (including phenoxy) is 2. The van der Waals surface area contributed by atoms with Crippen LogP contribution in [-0.4, -0.2) is 11.5 Å². The van der Waals surface area contributed by atoms with E-state index < -0.39 is 4.92 Å². The molecule has 0 bridgehead atoms. The average molecular weight is 287 g/mol. The number of benzene rings is 2. The highest BCUT2D eigenvalue weighted by molar-refractivity contribution is 5.48. The van der Waals surface area contributed by atoms with Gasteiger partial charge in [0, 0.05) is 6.07 Å². The third kappa shape index (κ3) is 4.21. The Balaban J connectivity index is 2.17. The topological polar surface area (TPSA) is 61.6 Å². The molecular formula is C16H17NO4. The maximum Gasteiger partial charge on any atom is 0.273 e. The van der Waals surface area contributed by atoms with Gasteiger partial charge in [0.05, 0.1) is 17.6 Å². The molecule has 0 heterocycles. The largest absolute Gasteiger partial charge is 0.490 e. The van der Waals surface area contributed by atoms with E-state index in [1.165, 1.54) is 12.1 Å². The van der Waals surface area contributed by atoms with Gasteiger partial charge >= 0.3 is 0 Å². The van der Waals surface area contributed by atoms with Crippen LogP contribution in [0.1, 0.15) is 18.9 Å². The first-order valence-electron chi connectivity index (χ1n) is 6.78. The quantitative estimate of drug-likeness (QED) is 0.571. The van der Waals surface area contributed by atoms with Crippen molar-refractivity contribution in [2.24, 2.45) is 0 Å². The molecular weight excluding hydrogens is 270 g/mol. The predicted octanol–water partition coefficient (Wildman–Crippen LogP) is 3.96. The van der Waals surface area contributed by atoms with Crippen LogP contribution in [0, 0.1) is 10.1 Å². The van der Waals surface area contributed by atoms with Gasteiger partial charge in [0.15, 0.2) is 11.5 Å². The van der Waals surface area contributed by atoms with Crippen LogP contribution in [0.4, 0.5) is 5.69 Å². The fourth-order valence-corrected chi connectivity index (χ4v) is 1.79. The lowest BCUT2D eigenvalue weighted by atomic mass is 10.2. The van der Waals surface area contributed by atoms with Gasteiger partial charge in [0.1, 0.15) is 6.61 Å². The molecule has 0 amide bonds. The van der Waals surface area contributed by atoms with Crippen molar-refractivity contribution in [1.29, 1.82) is 0 Å². The number of non-ortho nitro benzene ring substituents is 1. The molecule has 2 rings (SSSR count). The first-order chi connectivity index (χ1) is 10.2. The molecule has 0 radical (unpaired) electrons. The molecule has 110 valence electrons. The van der Waals surface area contributed by atoms with Crippen LogP contribution in [0.25, 0.3) is 0 Å². The molecule has 0 fully saturated rings. The van der Waals surface area contributed by atoms with Crippen LogP contribution in [0.5, 0.6) is 11.5 Å². The fraction of sp³-hybridized carbons (Fsp3) is 0.250. The van der Waals surface area contributed by atoms with Gasteiger partial charge < -0.3 is 9.47 Å². The minimum Gasteiger partial charge on any atom is -0.490 e. The first-order valence-corrected chi connectivity index (χ1v) is 6.78. The number of nitro groups is 1. The summed E-state index contributed by atoms with van der Waals surface area (Å²) < 4.78 is 11.2. The standard InChI is InChI=1S/C16H17NO4/c1-2-10-20-15-9-8-14(17(18)19)11-16(15)21-12-13-6-4-3-5-7-13/h3-9,11H,2,10,12H2,1H3. The third-order valence-electron chi connectivity index (χ3n) is 2.84. The number of rotatable bonds is 7. The van der Waals surface area contributed by atoms with Crippen molar-refractivity contribution in [3.8, 4) is 11.5 Å². The molecule has 5 heteroatoms. The lowest BCUT2D eigenvalue weighted by Crippen LogP contribution is -2.01. The van der Waals surface area contributed by atoms with Crippen LogP contribution < -0.4 is 9.47 Å². The highest BCUT2D eigenvalue weighted by Crippen LogP contribution is 2.32. The summed E-state index contributed by atoms with van der Waals surface area (Å²) >= 11 is 0. The van der Waals surface area contributed by atoms with Crippen LogP contribution in [0.3, 0.4) is 0 Å². The monoisotopic (exact) mass is 287 g/mol. The summed E-state index contributed by atoms with van der Waals surface area (Å²) in [5.74, 6) is 0.917. The van der Waals surface area contributed by atoms with Gasteiger partial charge in [-0.3, -0.25) is 10.1 Å². The third-order valence-corrected chi connectivity index (χ3v) is 2.84. The van der Waals surface area contributed by atoms with E-state index in [9.17, 15) is 10.1 Å². The lowest BCUT2D eigenvalue weighted by molar-refractivity contribution is -0.385. The molecule has 2 aromatic carbocycles. The maximum atomic E-state index is 10.9. The maximum absolute atomic E-state index is 10.9. The highest BCUT2D eigenvalue weighted by Gasteiger charge is 2.13. The zero-order valence-electron chi connectivity index (χ0n) is 11.8. The van der Waals surface area contributed by atoms with Crippen LogP contribution in [0.15, 0.2) is 48.5 Å². The summed E-state index contributed by atoms with van der Waals surface area (Å²) in [6.45, 7) is 2.87. The highest BCUT2D eigenvalue weighted by atomic mass is 16.6. The zero-order chi connectivity index (χ0) is 15.1.